The van der Waals surface area contributed by atoms with Crippen molar-refractivity contribution in [2.75, 3.05) is 0 Å². The van der Waals surface area contributed by atoms with Gasteiger partial charge >= 0.3 is 0 Å². The maximum absolute atomic E-state index is 12.9. The van der Waals surface area contributed by atoms with E-state index in [1.54, 1.807) is 6.26 Å². The standard InChI is InChI=1S/C22H22N4O6/c1-22(2,3)14-10-32-25-15(14)9-23-18(28)11-4-5-12-13(8-11)21(31)26(20(12)30)16-6-7-17(27)24-19(16)29/h4-5,8,10,16H,6-7,9H2,1-3H3,(H,23,28)(H,24,27,29). The molecule has 1 saturated heterocycles. The predicted molar refractivity (Wildman–Crippen MR) is 109 cm³/mol. The van der Waals surface area contributed by atoms with Gasteiger partial charge in [0.15, 0.2) is 0 Å². The highest BCUT2D eigenvalue weighted by molar-refractivity contribution is 6.24. The Balaban J connectivity index is 1.51. The minimum atomic E-state index is -1.06. The molecule has 2 aromatic rings. The molecule has 0 saturated carbocycles. The summed E-state index contributed by atoms with van der Waals surface area (Å²) < 4.78 is 5.04. The number of aromatic nitrogens is 1. The molecule has 166 valence electrons. The zero-order chi connectivity index (χ0) is 23.2. The normalized spacial score (nSPS) is 18.6. The smallest absolute Gasteiger partial charge is 0.262 e. The first-order valence-corrected chi connectivity index (χ1v) is 10.2. The molecule has 10 nitrogen and oxygen atoms in total. The Bertz CT molecular complexity index is 1160. The Morgan fingerprint density at radius 3 is 2.59 bits per heavy atom. The number of hydrogen-bond acceptors (Lipinski definition) is 7. The Kier molecular flexibility index (Phi) is 5.15. The van der Waals surface area contributed by atoms with Gasteiger partial charge in [0.25, 0.3) is 17.7 Å². The Morgan fingerprint density at radius 2 is 1.91 bits per heavy atom. The van der Waals surface area contributed by atoms with Gasteiger partial charge in [0.2, 0.25) is 11.8 Å². The monoisotopic (exact) mass is 438 g/mol. The molecular weight excluding hydrogens is 416 g/mol. The van der Waals surface area contributed by atoms with E-state index in [1.807, 2.05) is 20.8 Å². The van der Waals surface area contributed by atoms with Crippen molar-refractivity contribution in [1.29, 1.82) is 0 Å². The maximum Gasteiger partial charge on any atom is 0.262 e. The molecule has 1 aromatic carbocycles. The highest BCUT2D eigenvalue weighted by Gasteiger charge is 2.44. The number of rotatable bonds is 4. The molecule has 2 aliphatic rings. The summed E-state index contributed by atoms with van der Waals surface area (Å²) in [6.07, 6.45) is 1.65. The number of nitrogens with one attached hydrogen (secondary N) is 2. The predicted octanol–water partition coefficient (Wildman–Crippen LogP) is 1.30. The Hall–Kier alpha value is -3.82. The van der Waals surface area contributed by atoms with E-state index in [4.69, 9.17) is 4.52 Å². The second-order valence-electron chi connectivity index (χ2n) is 8.82. The number of benzene rings is 1. The highest BCUT2D eigenvalue weighted by Crippen LogP contribution is 2.29. The summed E-state index contributed by atoms with van der Waals surface area (Å²) in [7, 11) is 0. The Labute approximate surface area is 183 Å². The fraction of sp³-hybridized carbons (Fsp3) is 0.364. The number of fused-ring (bicyclic) bond motifs is 1. The van der Waals surface area contributed by atoms with Gasteiger partial charge in [-0.3, -0.25) is 34.2 Å². The molecule has 1 fully saturated rings. The van der Waals surface area contributed by atoms with E-state index < -0.39 is 35.6 Å². The van der Waals surface area contributed by atoms with Crippen LogP contribution in [0.5, 0.6) is 0 Å². The third kappa shape index (κ3) is 3.68. The van der Waals surface area contributed by atoms with Crippen molar-refractivity contribution in [2.45, 2.75) is 51.6 Å². The second-order valence-corrected chi connectivity index (χ2v) is 8.82. The summed E-state index contributed by atoms with van der Waals surface area (Å²) in [5, 5.41) is 8.84. The van der Waals surface area contributed by atoms with E-state index in [9.17, 15) is 24.0 Å². The van der Waals surface area contributed by atoms with Crippen LogP contribution in [-0.4, -0.2) is 45.6 Å². The molecule has 1 unspecified atom stereocenters. The number of amides is 5. The highest BCUT2D eigenvalue weighted by atomic mass is 16.5. The van der Waals surface area contributed by atoms with Crippen LogP contribution in [0, 0.1) is 0 Å². The molecule has 2 aliphatic heterocycles. The Morgan fingerprint density at radius 1 is 1.19 bits per heavy atom. The first-order chi connectivity index (χ1) is 15.1. The molecule has 0 bridgehead atoms. The molecule has 10 heteroatoms. The maximum atomic E-state index is 12.9. The second kappa shape index (κ2) is 7.70. The fourth-order valence-corrected chi connectivity index (χ4v) is 3.88. The zero-order valence-corrected chi connectivity index (χ0v) is 17.9. The van der Waals surface area contributed by atoms with Gasteiger partial charge in [-0.25, -0.2) is 0 Å². The van der Waals surface area contributed by atoms with E-state index in [0.717, 1.165) is 10.5 Å². The lowest BCUT2D eigenvalue weighted by Gasteiger charge is -2.27. The lowest BCUT2D eigenvalue weighted by Crippen LogP contribution is -2.54. The molecular formula is C22H22N4O6. The van der Waals surface area contributed by atoms with Crippen molar-refractivity contribution in [1.82, 2.24) is 20.7 Å². The van der Waals surface area contributed by atoms with E-state index in [2.05, 4.69) is 15.8 Å². The largest absolute Gasteiger partial charge is 0.364 e. The number of carbonyl (C=O) groups is 5. The van der Waals surface area contributed by atoms with Crippen molar-refractivity contribution in [3.05, 3.63) is 52.4 Å². The molecule has 5 amide bonds. The summed E-state index contributed by atoms with van der Waals surface area (Å²) in [5.74, 6) is -2.86. The van der Waals surface area contributed by atoms with Crippen molar-refractivity contribution < 1.29 is 28.5 Å². The van der Waals surface area contributed by atoms with Gasteiger partial charge in [-0.2, -0.15) is 0 Å². The quantitative estimate of drug-likeness (QED) is 0.686. The summed E-state index contributed by atoms with van der Waals surface area (Å²) in [4.78, 5) is 62.7. The van der Waals surface area contributed by atoms with Crippen LogP contribution >= 0.6 is 0 Å². The SMILES string of the molecule is CC(C)(C)c1conc1CNC(=O)c1ccc2c(c1)C(=O)N(C1CCC(=O)NC1=O)C2=O. The van der Waals surface area contributed by atoms with Gasteiger partial charge < -0.3 is 9.84 Å². The molecule has 1 atom stereocenters. The lowest BCUT2D eigenvalue weighted by molar-refractivity contribution is -0.136. The topological polar surface area (TPSA) is 139 Å². The van der Waals surface area contributed by atoms with Crippen molar-refractivity contribution in [2.24, 2.45) is 0 Å². The molecule has 0 spiro atoms. The summed E-state index contributed by atoms with van der Waals surface area (Å²) in [6.45, 7) is 6.14. The number of hydrogen-bond donors (Lipinski definition) is 2. The summed E-state index contributed by atoms with van der Waals surface area (Å²) in [5.41, 5.74) is 1.61. The van der Waals surface area contributed by atoms with Crippen LogP contribution in [0.4, 0.5) is 0 Å². The minimum Gasteiger partial charge on any atom is -0.364 e. The van der Waals surface area contributed by atoms with Gasteiger partial charge in [0, 0.05) is 17.5 Å². The van der Waals surface area contributed by atoms with E-state index >= 15 is 0 Å². The van der Waals surface area contributed by atoms with Crippen LogP contribution in [0.3, 0.4) is 0 Å². The molecule has 0 radical (unpaired) electrons. The lowest BCUT2D eigenvalue weighted by atomic mass is 9.87. The average molecular weight is 438 g/mol. The van der Waals surface area contributed by atoms with Crippen LogP contribution in [0.15, 0.2) is 29.0 Å². The molecule has 32 heavy (non-hydrogen) atoms. The number of carbonyl (C=O) groups excluding carboxylic acids is 5. The van der Waals surface area contributed by atoms with Gasteiger partial charge in [-0.1, -0.05) is 25.9 Å². The average Bonchev–Trinajstić information content (AvgIpc) is 3.30. The van der Waals surface area contributed by atoms with Crippen LogP contribution < -0.4 is 10.6 Å². The third-order valence-electron chi connectivity index (χ3n) is 5.57. The van der Waals surface area contributed by atoms with Gasteiger partial charge in [0.1, 0.15) is 18.0 Å². The van der Waals surface area contributed by atoms with Crippen LogP contribution in [-0.2, 0) is 21.5 Å². The number of piperidine rings is 1. The van der Waals surface area contributed by atoms with Crippen molar-refractivity contribution in [3.63, 3.8) is 0 Å². The molecule has 4 rings (SSSR count). The molecule has 2 N–H and O–H groups in total. The van der Waals surface area contributed by atoms with Crippen molar-refractivity contribution in [3.8, 4) is 0 Å². The molecule has 0 aliphatic carbocycles. The summed E-state index contributed by atoms with van der Waals surface area (Å²) >= 11 is 0. The van der Waals surface area contributed by atoms with E-state index in [-0.39, 0.29) is 41.5 Å². The van der Waals surface area contributed by atoms with Gasteiger partial charge in [0.05, 0.1) is 17.7 Å². The fourth-order valence-electron chi connectivity index (χ4n) is 3.88. The first kappa shape index (κ1) is 21.4. The zero-order valence-electron chi connectivity index (χ0n) is 17.9. The van der Waals surface area contributed by atoms with Gasteiger partial charge in [-0.15, -0.1) is 0 Å². The molecule has 3 heterocycles. The number of nitrogens with zero attached hydrogens (tertiary/aromatic N) is 2. The van der Waals surface area contributed by atoms with Crippen molar-refractivity contribution >= 4 is 29.5 Å². The third-order valence-corrected chi connectivity index (χ3v) is 5.57. The summed E-state index contributed by atoms with van der Waals surface area (Å²) in [6, 6.07) is 3.12. The minimum absolute atomic E-state index is 0.0378. The van der Waals surface area contributed by atoms with Gasteiger partial charge in [-0.05, 0) is 30.0 Å². The van der Waals surface area contributed by atoms with Crippen LogP contribution in [0.2, 0.25) is 0 Å². The number of imide groups is 2. The van der Waals surface area contributed by atoms with E-state index in [1.165, 1.54) is 18.2 Å². The first-order valence-electron chi connectivity index (χ1n) is 10.2. The molecule has 1 aromatic heterocycles. The van der Waals surface area contributed by atoms with Crippen LogP contribution in [0.1, 0.15) is 75.9 Å². The van der Waals surface area contributed by atoms with Crippen LogP contribution in [0.25, 0.3) is 0 Å². The van der Waals surface area contributed by atoms with E-state index in [0.29, 0.717) is 5.69 Å².